The summed E-state index contributed by atoms with van der Waals surface area (Å²) in [5.41, 5.74) is 1.85. The number of thiophene rings is 1. The molecule has 3 heterocycles. The van der Waals surface area contributed by atoms with E-state index in [0.717, 1.165) is 27.9 Å². The molecule has 0 saturated carbocycles. The fraction of sp³-hybridized carbons (Fsp3) is 0.100. The minimum Gasteiger partial charge on any atom is -0.478 e. The van der Waals surface area contributed by atoms with Crippen molar-refractivity contribution in [1.82, 2.24) is 15.0 Å². The molecule has 0 spiro atoms. The highest BCUT2D eigenvalue weighted by Gasteiger charge is 2.13. The van der Waals surface area contributed by atoms with E-state index in [0.29, 0.717) is 11.6 Å². The molecule has 27 heavy (non-hydrogen) atoms. The van der Waals surface area contributed by atoms with Crippen LogP contribution in [0.15, 0.2) is 54.9 Å². The van der Waals surface area contributed by atoms with Crippen LogP contribution in [0.25, 0.3) is 21.6 Å². The molecule has 0 aliphatic rings. The third-order valence-electron chi connectivity index (χ3n) is 4.11. The van der Waals surface area contributed by atoms with E-state index in [1.807, 2.05) is 12.1 Å². The number of hydrogen-bond donors (Lipinski definition) is 2. The number of nitrogens with zero attached hydrogens (tertiary/aromatic N) is 3. The molecule has 0 fully saturated rings. The Hall–Kier alpha value is -3.32. The number of hydrogen-bond acceptors (Lipinski definition) is 6. The highest BCUT2D eigenvalue weighted by molar-refractivity contribution is 7.18. The Morgan fingerprint density at radius 3 is 2.67 bits per heavy atom. The van der Waals surface area contributed by atoms with E-state index in [2.05, 4.69) is 23.3 Å². The van der Waals surface area contributed by atoms with Crippen LogP contribution < -0.4 is 5.32 Å². The number of rotatable bonds is 5. The van der Waals surface area contributed by atoms with Gasteiger partial charge in [0.1, 0.15) is 10.6 Å². The summed E-state index contributed by atoms with van der Waals surface area (Å²) in [7, 11) is 0. The predicted molar refractivity (Wildman–Crippen MR) is 107 cm³/mol. The molecule has 1 aromatic carbocycles. The number of aryl methyl sites for hydroxylation is 1. The number of carboxylic acids is 1. The van der Waals surface area contributed by atoms with Crippen LogP contribution in [-0.4, -0.2) is 26.0 Å². The molecule has 0 amide bonds. The molecule has 0 radical (unpaired) electrons. The van der Waals surface area contributed by atoms with Gasteiger partial charge in [-0.2, -0.15) is 0 Å². The molecule has 0 bridgehead atoms. The van der Waals surface area contributed by atoms with E-state index >= 15 is 0 Å². The molecule has 0 aliphatic carbocycles. The molecule has 6 nitrogen and oxygen atoms in total. The van der Waals surface area contributed by atoms with Crippen molar-refractivity contribution in [3.05, 3.63) is 65.3 Å². The molecule has 134 valence electrons. The molecule has 0 unspecified atom stereocenters. The van der Waals surface area contributed by atoms with Crippen LogP contribution in [0.5, 0.6) is 0 Å². The quantitative estimate of drug-likeness (QED) is 0.522. The molecule has 0 saturated heterocycles. The van der Waals surface area contributed by atoms with E-state index in [1.165, 1.54) is 4.88 Å². The lowest BCUT2D eigenvalue weighted by molar-refractivity contribution is 0.0697. The van der Waals surface area contributed by atoms with Crippen molar-refractivity contribution < 1.29 is 9.90 Å². The number of benzene rings is 1. The number of aromatic carboxylic acids is 1. The van der Waals surface area contributed by atoms with Gasteiger partial charge in [-0.1, -0.05) is 6.92 Å². The van der Waals surface area contributed by atoms with E-state index in [-0.39, 0.29) is 5.56 Å². The van der Waals surface area contributed by atoms with Gasteiger partial charge in [-0.05, 0) is 48.9 Å². The fourth-order valence-corrected chi connectivity index (χ4v) is 3.66. The first-order valence-electron chi connectivity index (χ1n) is 8.45. The van der Waals surface area contributed by atoms with Crippen LogP contribution in [0, 0.1) is 0 Å². The van der Waals surface area contributed by atoms with Gasteiger partial charge in [0, 0.05) is 28.5 Å². The minimum atomic E-state index is -0.949. The second-order valence-electron chi connectivity index (χ2n) is 5.93. The molecule has 2 N–H and O–H groups in total. The zero-order valence-corrected chi connectivity index (χ0v) is 15.3. The minimum absolute atomic E-state index is 0.244. The van der Waals surface area contributed by atoms with Gasteiger partial charge in [-0.25, -0.2) is 14.8 Å². The number of anilines is 2. The topological polar surface area (TPSA) is 88.0 Å². The highest BCUT2D eigenvalue weighted by atomic mass is 32.1. The van der Waals surface area contributed by atoms with Crippen molar-refractivity contribution in [3.8, 4) is 11.4 Å². The number of fused-ring (bicyclic) bond motifs is 1. The summed E-state index contributed by atoms with van der Waals surface area (Å²) in [6, 6.07) is 12.5. The largest absolute Gasteiger partial charge is 0.478 e. The van der Waals surface area contributed by atoms with E-state index in [9.17, 15) is 4.79 Å². The molecule has 3 aromatic heterocycles. The average Bonchev–Trinajstić information content (AvgIpc) is 3.13. The van der Waals surface area contributed by atoms with Crippen LogP contribution in [0.1, 0.15) is 22.2 Å². The first-order valence-corrected chi connectivity index (χ1v) is 9.27. The first kappa shape index (κ1) is 17.1. The third kappa shape index (κ3) is 3.50. The molecule has 4 aromatic rings. The average molecular weight is 376 g/mol. The molecule has 7 heteroatoms. The summed E-state index contributed by atoms with van der Waals surface area (Å²) in [5, 5.41) is 13.3. The lowest BCUT2D eigenvalue weighted by atomic mass is 10.2. The zero-order chi connectivity index (χ0) is 18.8. The lowest BCUT2D eigenvalue weighted by Gasteiger charge is -2.09. The maximum atomic E-state index is 11.0. The summed E-state index contributed by atoms with van der Waals surface area (Å²) >= 11 is 1.65. The van der Waals surface area contributed by atoms with Gasteiger partial charge in [-0.15, -0.1) is 11.3 Å². The van der Waals surface area contributed by atoms with Crippen LogP contribution in [0.4, 0.5) is 11.5 Å². The van der Waals surface area contributed by atoms with Gasteiger partial charge in [0.25, 0.3) is 0 Å². The van der Waals surface area contributed by atoms with Crippen molar-refractivity contribution >= 4 is 39.0 Å². The molecule has 0 aliphatic heterocycles. The van der Waals surface area contributed by atoms with Gasteiger partial charge in [-0.3, -0.25) is 4.98 Å². The lowest BCUT2D eigenvalue weighted by Crippen LogP contribution is -1.99. The van der Waals surface area contributed by atoms with E-state index in [4.69, 9.17) is 15.1 Å². The van der Waals surface area contributed by atoms with Gasteiger partial charge < -0.3 is 10.4 Å². The standard InChI is InChI=1S/C20H16N4O2S/c1-2-15-10-16-18(22-14-7-5-12(6-8-14)20(25)26)23-17(24-19(16)27-15)13-4-3-9-21-11-13/h3-11H,2H2,1H3,(H,25,26)(H,22,23,24). The Morgan fingerprint density at radius 1 is 1.19 bits per heavy atom. The number of carbonyl (C=O) groups is 1. The summed E-state index contributed by atoms with van der Waals surface area (Å²) in [5.74, 6) is 0.345. The SMILES string of the molecule is CCc1cc2c(Nc3ccc(C(=O)O)cc3)nc(-c3cccnc3)nc2s1. The number of aromatic nitrogens is 3. The third-order valence-corrected chi connectivity index (χ3v) is 5.28. The Balaban J connectivity index is 1.79. The second kappa shape index (κ2) is 7.13. The monoisotopic (exact) mass is 376 g/mol. The first-order chi connectivity index (χ1) is 13.1. The Kier molecular flexibility index (Phi) is 4.52. The number of nitrogens with one attached hydrogen (secondary N) is 1. The molecular weight excluding hydrogens is 360 g/mol. The Labute approximate surface area is 159 Å². The maximum absolute atomic E-state index is 11.0. The van der Waals surface area contributed by atoms with Gasteiger partial charge >= 0.3 is 5.97 Å². The summed E-state index contributed by atoms with van der Waals surface area (Å²) in [4.78, 5) is 26.7. The molecule has 0 atom stereocenters. The van der Waals surface area contributed by atoms with Crippen LogP contribution >= 0.6 is 11.3 Å². The van der Waals surface area contributed by atoms with E-state index in [1.54, 1.807) is 48.0 Å². The van der Waals surface area contributed by atoms with Gasteiger partial charge in [0.2, 0.25) is 0 Å². The zero-order valence-electron chi connectivity index (χ0n) is 14.5. The predicted octanol–water partition coefficient (Wildman–Crippen LogP) is 4.76. The van der Waals surface area contributed by atoms with Crippen molar-refractivity contribution in [2.45, 2.75) is 13.3 Å². The Bertz CT molecular complexity index is 1110. The normalized spacial score (nSPS) is 10.9. The van der Waals surface area contributed by atoms with Crippen LogP contribution in [0.3, 0.4) is 0 Å². The smallest absolute Gasteiger partial charge is 0.335 e. The van der Waals surface area contributed by atoms with E-state index < -0.39 is 5.97 Å². The van der Waals surface area contributed by atoms with Gasteiger partial charge in [0.15, 0.2) is 5.82 Å². The van der Waals surface area contributed by atoms with Crippen molar-refractivity contribution in [2.24, 2.45) is 0 Å². The van der Waals surface area contributed by atoms with Crippen LogP contribution in [-0.2, 0) is 6.42 Å². The van der Waals surface area contributed by atoms with Crippen molar-refractivity contribution in [3.63, 3.8) is 0 Å². The summed E-state index contributed by atoms with van der Waals surface area (Å²) in [6.07, 6.45) is 4.38. The Morgan fingerprint density at radius 2 is 2.00 bits per heavy atom. The summed E-state index contributed by atoms with van der Waals surface area (Å²) in [6.45, 7) is 2.11. The summed E-state index contributed by atoms with van der Waals surface area (Å²) < 4.78 is 0. The number of carboxylic acid groups (broad SMARTS) is 1. The maximum Gasteiger partial charge on any atom is 0.335 e. The highest BCUT2D eigenvalue weighted by Crippen LogP contribution is 2.33. The molecular formula is C20H16N4O2S. The van der Waals surface area contributed by atoms with Crippen molar-refractivity contribution in [1.29, 1.82) is 0 Å². The van der Waals surface area contributed by atoms with Crippen molar-refractivity contribution in [2.75, 3.05) is 5.32 Å². The number of pyridine rings is 1. The van der Waals surface area contributed by atoms with Gasteiger partial charge in [0.05, 0.1) is 10.9 Å². The van der Waals surface area contributed by atoms with Crippen LogP contribution in [0.2, 0.25) is 0 Å². The molecule has 4 rings (SSSR count). The second-order valence-corrected chi connectivity index (χ2v) is 7.05. The fourth-order valence-electron chi connectivity index (χ4n) is 2.70.